The molecule has 130 valence electrons. The third-order valence-corrected chi connectivity index (χ3v) is 4.50. The highest BCUT2D eigenvalue weighted by molar-refractivity contribution is 6.33. The lowest BCUT2D eigenvalue weighted by molar-refractivity contribution is -0.155. The van der Waals surface area contributed by atoms with E-state index in [9.17, 15) is 9.59 Å². The first-order chi connectivity index (χ1) is 12.0. The average molecular weight is 360 g/mol. The van der Waals surface area contributed by atoms with E-state index in [2.05, 4.69) is 5.32 Å². The molecule has 0 saturated carbocycles. The Bertz CT molecular complexity index is 792. The lowest BCUT2D eigenvalue weighted by Crippen LogP contribution is -2.25. The van der Waals surface area contributed by atoms with Crippen molar-refractivity contribution in [2.45, 2.75) is 25.3 Å². The number of fused-ring (bicyclic) bond motifs is 1. The lowest BCUT2D eigenvalue weighted by atomic mass is 10.1. The minimum Gasteiger partial charge on any atom is -0.479 e. The molecule has 0 aliphatic heterocycles. The van der Waals surface area contributed by atoms with Gasteiger partial charge >= 0.3 is 11.9 Å². The second-order valence-electron chi connectivity index (χ2n) is 5.94. The molecule has 2 aromatic rings. The van der Waals surface area contributed by atoms with E-state index in [4.69, 9.17) is 21.4 Å². The van der Waals surface area contributed by atoms with Crippen molar-refractivity contribution in [3.63, 3.8) is 0 Å². The quantitative estimate of drug-likeness (QED) is 0.770. The first kappa shape index (κ1) is 17.3. The van der Waals surface area contributed by atoms with Gasteiger partial charge in [-0.15, -0.1) is 0 Å². The predicted molar refractivity (Wildman–Crippen MR) is 94.9 cm³/mol. The summed E-state index contributed by atoms with van der Waals surface area (Å²) in [5.74, 6) is -1.86. The number of carbonyl (C=O) groups excluding carboxylic acids is 1. The summed E-state index contributed by atoms with van der Waals surface area (Å²) in [4.78, 5) is 23.1. The number of anilines is 1. The Balaban J connectivity index is 1.87. The molecule has 1 aliphatic rings. The van der Waals surface area contributed by atoms with Gasteiger partial charge in [0.05, 0.1) is 10.7 Å². The van der Waals surface area contributed by atoms with E-state index >= 15 is 0 Å². The molecule has 0 spiro atoms. The molecular formula is C19H18ClNO4. The normalized spacial score (nSPS) is 13.8. The lowest BCUT2D eigenvalue weighted by Gasteiger charge is -2.20. The van der Waals surface area contributed by atoms with Crippen LogP contribution in [0.5, 0.6) is 0 Å². The van der Waals surface area contributed by atoms with Crippen molar-refractivity contribution >= 4 is 29.2 Å². The number of carboxylic acid groups (broad SMARTS) is 1. The molecule has 1 unspecified atom stereocenters. The van der Waals surface area contributed by atoms with Gasteiger partial charge in [-0.25, -0.2) is 9.59 Å². The molecule has 1 atom stereocenters. The molecule has 0 heterocycles. The number of nitrogens with one attached hydrogen (secondary N) is 1. The number of carboxylic acids is 1. The molecule has 3 rings (SSSR count). The summed E-state index contributed by atoms with van der Waals surface area (Å²) < 4.78 is 4.88. The number of benzene rings is 2. The van der Waals surface area contributed by atoms with Crippen LogP contribution in [0.25, 0.3) is 0 Å². The van der Waals surface area contributed by atoms with Gasteiger partial charge in [0.1, 0.15) is 0 Å². The Morgan fingerprint density at radius 3 is 2.52 bits per heavy atom. The maximum Gasteiger partial charge on any atom is 0.341 e. The molecule has 25 heavy (non-hydrogen) atoms. The van der Waals surface area contributed by atoms with Crippen molar-refractivity contribution in [3.05, 3.63) is 64.2 Å². The molecule has 0 radical (unpaired) electrons. The minimum atomic E-state index is -1.20. The van der Waals surface area contributed by atoms with Crippen LogP contribution in [0.2, 0.25) is 5.02 Å². The minimum absolute atomic E-state index is 0.535. The highest BCUT2D eigenvalue weighted by atomic mass is 35.5. The van der Waals surface area contributed by atoms with E-state index in [1.54, 1.807) is 24.3 Å². The van der Waals surface area contributed by atoms with E-state index in [1.807, 2.05) is 18.2 Å². The van der Waals surface area contributed by atoms with Crippen LogP contribution in [0.15, 0.2) is 42.5 Å². The molecule has 5 nitrogen and oxygen atoms in total. The van der Waals surface area contributed by atoms with E-state index < -0.39 is 24.6 Å². The fourth-order valence-electron chi connectivity index (χ4n) is 3.00. The van der Waals surface area contributed by atoms with Gasteiger partial charge in [-0.3, -0.25) is 0 Å². The Morgan fingerprint density at radius 2 is 1.84 bits per heavy atom. The number of rotatable bonds is 6. The smallest absolute Gasteiger partial charge is 0.341 e. The third-order valence-electron chi connectivity index (χ3n) is 4.19. The summed E-state index contributed by atoms with van der Waals surface area (Å²) in [6.07, 6.45) is 3.09. The van der Waals surface area contributed by atoms with Crippen LogP contribution in [-0.4, -0.2) is 23.7 Å². The molecule has 0 bridgehead atoms. The number of aliphatic carboxylic acids is 1. The second kappa shape index (κ2) is 7.57. The Kier molecular flexibility index (Phi) is 5.24. The summed E-state index contributed by atoms with van der Waals surface area (Å²) in [7, 11) is 0. The molecule has 2 N–H and O–H groups in total. The largest absolute Gasteiger partial charge is 0.479 e. The second-order valence-corrected chi connectivity index (χ2v) is 6.35. The van der Waals surface area contributed by atoms with Crippen LogP contribution in [0.3, 0.4) is 0 Å². The van der Waals surface area contributed by atoms with E-state index in [-0.39, 0.29) is 0 Å². The SMILES string of the molecule is O=C(O)COC(=O)C(Nc1cc2c(cc1Cl)CCC2)c1ccccc1. The van der Waals surface area contributed by atoms with Crippen molar-refractivity contribution in [2.75, 3.05) is 11.9 Å². The van der Waals surface area contributed by atoms with Gasteiger partial charge in [0.25, 0.3) is 0 Å². The predicted octanol–water partition coefficient (Wildman–Crippen LogP) is 3.61. The zero-order chi connectivity index (χ0) is 17.8. The standard InChI is InChI=1S/C19H18ClNO4/c20-15-9-13-7-4-8-14(13)10-16(15)21-18(12-5-2-1-3-6-12)19(24)25-11-17(22)23/h1-3,5-6,9-10,18,21H,4,7-8,11H2,(H,22,23). The molecule has 0 aromatic heterocycles. The molecule has 0 amide bonds. The third kappa shape index (κ3) is 4.12. The van der Waals surface area contributed by atoms with Crippen LogP contribution in [0.4, 0.5) is 5.69 Å². The molecule has 2 aromatic carbocycles. The van der Waals surface area contributed by atoms with Crippen LogP contribution in [-0.2, 0) is 27.2 Å². The summed E-state index contributed by atoms with van der Waals surface area (Å²) >= 11 is 6.36. The number of carbonyl (C=O) groups is 2. The van der Waals surface area contributed by atoms with Crippen molar-refractivity contribution in [2.24, 2.45) is 0 Å². The molecule has 6 heteroatoms. The number of hydrogen-bond acceptors (Lipinski definition) is 4. The average Bonchev–Trinajstić information content (AvgIpc) is 3.05. The zero-order valence-corrected chi connectivity index (χ0v) is 14.3. The maximum atomic E-state index is 12.4. The number of esters is 1. The van der Waals surface area contributed by atoms with Gasteiger partial charge in [0.2, 0.25) is 0 Å². The first-order valence-electron chi connectivity index (χ1n) is 8.06. The Hall–Kier alpha value is -2.53. The molecule has 1 aliphatic carbocycles. The van der Waals surface area contributed by atoms with Gasteiger partial charge < -0.3 is 15.2 Å². The maximum absolute atomic E-state index is 12.4. The number of aryl methyl sites for hydroxylation is 2. The van der Waals surface area contributed by atoms with Crippen LogP contribution >= 0.6 is 11.6 Å². The van der Waals surface area contributed by atoms with Crippen LogP contribution < -0.4 is 5.32 Å². The summed E-state index contributed by atoms with van der Waals surface area (Å²) in [5, 5.41) is 12.4. The number of hydrogen-bond donors (Lipinski definition) is 2. The Morgan fingerprint density at radius 1 is 1.16 bits per heavy atom. The van der Waals surface area contributed by atoms with Gasteiger partial charge in [0.15, 0.2) is 12.6 Å². The Labute approximate surface area is 150 Å². The first-order valence-corrected chi connectivity index (χ1v) is 8.43. The van der Waals surface area contributed by atoms with Gasteiger partial charge in [-0.05, 0) is 48.1 Å². The van der Waals surface area contributed by atoms with E-state index in [0.29, 0.717) is 16.3 Å². The van der Waals surface area contributed by atoms with Crippen LogP contribution in [0.1, 0.15) is 29.2 Å². The van der Waals surface area contributed by atoms with Gasteiger partial charge in [-0.2, -0.15) is 0 Å². The van der Waals surface area contributed by atoms with Crippen molar-refractivity contribution in [1.82, 2.24) is 0 Å². The summed E-state index contributed by atoms with van der Waals surface area (Å²) in [6.45, 7) is -0.679. The fraction of sp³-hybridized carbons (Fsp3) is 0.263. The van der Waals surface area contributed by atoms with Crippen molar-refractivity contribution in [3.8, 4) is 0 Å². The van der Waals surface area contributed by atoms with Crippen molar-refractivity contribution < 1.29 is 19.4 Å². The zero-order valence-electron chi connectivity index (χ0n) is 13.5. The van der Waals surface area contributed by atoms with Crippen LogP contribution in [0, 0.1) is 0 Å². The van der Waals surface area contributed by atoms with E-state index in [0.717, 1.165) is 19.3 Å². The number of ether oxygens (including phenoxy) is 1. The monoisotopic (exact) mass is 359 g/mol. The van der Waals surface area contributed by atoms with Crippen molar-refractivity contribution in [1.29, 1.82) is 0 Å². The topological polar surface area (TPSA) is 75.6 Å². The molecule has 0 saturated heterocycles. The van der Waals surface area contributed by atoms with E-state index in [1.165, 1.54) is 11.1 Å². The molecular weight excluding hydrogens is 342 g/mol. The summed E-state index contributed by atoms with van der Waals surface area (Å²) in [5.41, 5.74) is 3.77. The summed E-state index contributed by atoms with van der Waals surface area (Å²) in [6, 6.07) is 12.1. The van der Waals surface area contributed by atoms with Gasteiger partial charge in [-0.1, -0.05) is 41.9 Å². The highest BCUT2D eigenvalue weighted by Gasteiger charge is 2.24. The number of halogens is 1. The highest BCUT2D eigenvalue weighted by Crippen LogP contribution is 2.33. The fourth-order valence-corrected chi connectivity index (χ4v) is 3.24. The van der Waals surface area contributed by atoms with Gasteiger partial charge in [0, 0.05) is 0 Å². The molecule has 0 fully saturated rings.